The molecule has 2 fully saturated rings. The first-order chi connectivity index (χ1) is 11.3. The molecule has 0 aliphatic carbocycles. The second-order valence-corrected chi connectivity index (χ2v) is 6.29. The SMILES string of the molecule is O=C(NC1CCOCC1)C1CCN(c2nc3ccccc3o2)C1. The van der Waals surface area contributed by atoms with Gasteiger partial charge < -0.3 is 19.4 Å². The number of ether oxygens (including phenoxy) is 1. The van der Waals surface area contributed by atoms with Crippen LogP contribution in [0, 0.1) is 5.92 Å². The number of nitrogens with zero attached hydrogens (tertiary/aromatic N) is 2. The fourth-order valence-electron chi connectivity index (χ4n) is 3.30. The zero-order valence-corrected chi connectivity index (χ0v) is 13.0. The Morgan fingerprint density at radius 1 is 1.22 bits per heavy atom. The van der Waals surface area contributed by atoms with Crippen molar-refractivity contribution in [1.29, 1.82) is 0 Å². The van der Waals surface area contributed by atoms with E-state index in [1.54, 1.807) is 0 Å². The molecular weight excluding hydrogens is 294 g/mol. The first kappa shape index (κ1) is 14.5. The smallest absolute Gasteiger partial charge is 0.298 e. The summed E-state index contributed by atoms with van der Waals surface area (Å²) in [6.07, 6.45) is 2.66. The molecule has 0 bridgehead atoms. The summed E-state index contributed by atoms with van der Waals surface area (Å²) < 4.78 is 11.1. The molecule has 0 saturated carbocycles. The highest BCUT2D eigenvalue weighted by Gasteiger charge is 2.32. The molecule has 2 aromatic rings. The largest absolute Gasteiger partial charge is 0.423 e. The second-order valence-electron chi connectivity index (χ2n) is 6.29. The van der Waals surface area contributed by atoms with Crippen LogP contribution in [0.5, 0.6) is 0 Å². The Labute approximate surface area is 134 Å². The number of aromatic nitrogens is 1. The molecule has 3 heterocycles. The maximum atomic E-state index is 12.4. The number of anilines is 1. The normalized spacial score (nSPS) is 22.6. The lowest BCUT2D eigenvalue weighted by atomic mass is 10.1. The van der Waals surface area contributed by atoms with Crippen molar-refractivity contribution in [1.82, 2.24) is 10.3 Å². The van der Waals surface area contributed by atoms with Gasteiger partial charge in [-0.2, -0.15) is 4.98 Å². The quantitative estimate of drug-likeness (QED) is 0.937. The second kappa shape index (κ2) is 6.20. The van der Waals surface area contributed by atoms with Crippen LogP contribution in [0.4, 0.5) is 6.01 Å². The van der Waals surface area contributed by atoms with Gasteiger partial charge in [0.15, 0.2) is 5.58 Å². The van der Waals surface area contributed by atoms with Crippen molar-refractivity contribution >= 4 is 23.0 Å². The van der Waals surface area contributed by atoms with Gasteiger partial charge in [-0.3, -0.25) is 4.79 Å². The Balaban J connectivity index is 1.39. The van der Waals surface area contributed by atoms with Gasteiger partial charge in [-0.25, -0.2) is 0 Å². The third-order valence-corrected chi connectivity index (χ3v) is 4.68. The van der Waals surface area contributed by atoms with Gasteiger partial charge in [0.25, 0.3) is 6.01 Å². The first-order valence-corrected chi connectivity index (χ1v) is 8.28. The molecule has 2 saturated heterocycles. The van der Waals surface area contributed by atoms with Crippen molar-refractivity contribution in [3.63, 3.8) is 0 Å². The number of benzene rings is 1. The molecule has 1 unspecified atom stereocenters. The Hall–Kier alpha value is -2.08. The van der Waals surface area contributed by atoms with Crippen LogP contribution in [0.1, 0.15) is 19.3 Å². The van der Waals surface area contributed by atoms with Crippen molar-refractivity contribution in [2.45, 2.75) is 25.3 Å². The third kappa shape index (κ3) is 3.03. The lowest BCUT2D eigenvalue weighted by Gasteiger charge is -2.24. The highest BCUT2D eigenvalue weighted by atomic mass is 16.5. The molecule has 1 aromatic heterocycles. The Bertz CT molecular complexity index is 660. The third-order valence-electron chi connectivity index (χ3n) is 4.68. The summed E-state index contributed by atoms with van der Waals surface area (Å²) in [4.78, 5) is 19.0. The van der Waals surface area contributed by atoms with E-state index in [0.29, 0.717) is 12.6 Å². The lowest BCUT2D eigenvalue weighted by Crippen LogP contribution is -2.42. The zero-order valence-electron chi connectivity index (χ0n) is 13.0. The van der Waals surface area contributed by atoms with Crippen molar-refractivity contribution in [3.8, 4) is 0 Å². The average Bonchev–Trinajstić information content (AvgIpc) is 3.22. The van der Waals surface area contributed by atoms with E-state index in [2.05, 4.69) is 15.2 Å². The molecule has 2 aliphatic heterocycles. The molecule has 23 heavy (non-hydrogen) atoms. The highest BCUT2D eigenvalue weighted by Crippen LogP contribution is 2.27. The standard InChI is InChI=1S/C17H21N3O3/c21-16(18-13-6-9-22-10-7-13)12-5-8-20(11-12)17-19-14-3-1-2-4-15(14)23-17/h1-4,12-13H,5-11H2,(H,18,21). The number of carbonyl (C=O) groups excluding carboxylic acids is 1. The van der Waals surface area contributed by atoms with Gasteiger partial charge in [0.05, 0.1) is 5.92 Å². The minimum Gasteiger partial charge on any atom is -0.423 e. The van der Waals surface area contributed by atoms with Gasteiger partial charge in [-0.15, -0.1) is 0 Å². The molecule has 1 amide bonds. The van der Waals surface area contributed by atoms with Gasteiger partial charge in [0.1, 0.15) is 5.52 Å². The summed E-state index contributed by atoms with van der Waals surface area (Å²) in [7, 11) is 0. The van der Waals surface area contributed by atoms with E-state index in [0.717, 1.165) is 50.1 Å². The average molecular weight is 315 g/mol. The van der Waals surface area contributed by atoms with Gasteiger partial charge in [0, 0.05) is 32.3 Å². The van der Waals surface area contributed by atoms with E-state index >= 15 is 0 Å². The van der Waals surface area contributed by atoms with Crippen LogP contribution in [0.25, 0.3) is 11.1 Å². The Kier molecular flexibility index (Phi) is 3.91. The van der Waals surface area contributed by atoms with Gasteiger partial charge in [-0.05, 0) is 31.4 Å². The number of carbonyl (C=O) groups is 1. The topological polar surface area (TPSA) is 67.6 Å². The van der Waals surface area contributed by atoms with Crippen LogP contribution in [-0.2, 0) is 9.53 Å². The summed E-state index contributed by atoms with van der Waals surface area (Å²) in [5.41, 5.74) is 1.65. The van der Waals surface area contributed by atoms with Crippen LogP contribution in [0.3, 0.4) is 0 Å². The number of oxazole rings is 1. The lowest BCUT2D eigenvalue weighted by molar-refractivity contribution is -0.125. The fourth-order valence-corrected chi connectivity index (χ4v) is 3.30. The summed E-state index contributed by atoms with van der Waals surface area (Å²) in [5, 5.41) is 3.16. The van der Waals surface area contributed by atoms with Crippen molar-refractivity contribution in [2.24, 2.45) is 5.92 Å². The Morgan fingerprint density at radius 3 is 2.87 bits per heavy atom. The number of amides is 1. The number of para-hydroxylation sites is 2. The predicted molar refractivity (Wildman–Crippen MR) is 86.3 cm³/mol. The fraction of sp³-hybridized carbons (Fsp3) is 0.529. The van der Waals surface area contributed by atoms with E-state index in [9.17, 15) is 4.79 Å². The molecule has 0 spiro atoms. The minimum absolute atomic E-state index is 0.00728. The van der Waals surface area contributed by atoms with E-state index in [1.165, 1.54) is 0 Å². The van der Waals surface area contributed by atoms with Crippen LogP contribution >= 0.6 is 0 Å². The maximum absolute atomic E-state index is 12.4. The number of hydrogen-bond donors (Lipinski definition) is 1. The van der Waals surface area contributed by atoms with Gasteiger partial charge in [-0.1, -0.05) is 12.1 Å². The van der Waals surface area contributed by atoms with Crippen LogP contribution < -0.4 is 10.2 Å². The summed E-state index contributed by atoms with van der Waals surface area (Å²) in [6.45, 7) is 2.95. The maximum Gasteiger partial charge on any atom is 0.298 e. The number of rotatable bonds is 3. The van der Waals surface area contributed by atoms with Gasteiger partial charge in [0.2, 0.25) is 5.91 Å². The predicted octanol–water partition coefficient (Wildman–Crippen LogP) is 1.95. The number of hydrogen-bond acceptors (Lipinski definition) is 5. The molecule has 6 heteroatoms. The minimum atomic E-state index is 0.00728. The first-order valence-electron chi connectivity index (χ1n) is 8.28. The highest BCUT2D eigenvalue weighted by molar-refractivity contribution is 5.80. The molecule has 0 radical (unpaired) electrons. The molecule has 1 N–H and O–H groups in total. The van der Waals surface area contributed by atoms with Crippen molar-refractivity contribution in [2.75, 3.05) is 31.2 Å². The van der Waals surface area contributed by atoms with E-state index < -0.39 is 0 Å². The summed E-state index contributed by atoms with van der Waals surface area (Å²) >= 11 is 0. The van der Waals surface area contributed by atoms with Crippen molar-refractivity contribution < 1.29 is 13.9 Å². The Morgan fingerprint density at radius 2 is 2.04 bits per heavy atom. The molecular formula is C17H21N3O3. The van der Waals surface area contributed by atoms with Crippen molar-refractivity contribution in [3.05, 3.63) is 24.3 Å². The zero-order chi connectivity index (χ0) is 15.6. The monoisotopic (exact) mass is 315 g/mol. The summed E-state index contributed by atoms with van der Waals surface area (Å²) in [6, 6.07) is 8.61. The van der Waals surface area contributed by atoms with E-state index in [4.69, 9.17) is 9.15 Å². The molecule has 122 valence electrons. The number of nitrogens with one attached hydrogen (secondary N) is 1. The molecule has 1 aromatic carbocycles. The van der Waals surface area contributed by atoms with Crippen LogP contribution in [0.15, 0.2) is 28.7 Å². The molecule has 1 atom stereocenters. The molecule has 2 aliphatic rings. The van der Waals surface area contributed by atoms with Crippen LogP contribution in [0.2, 0.25) is 0 Å². The van der Waals surface area contributed by atoms with E-state index in [-0.39, 0.29) is 17.9 Å². The molecule has 4 rings (SSSR count). The van der Waals surface area contributed by atoms with Crippen LogP contribution in [-0.4, -0.2) is 43.2 Å². The molecule has 6 nitrogen and oxygen atoms in total. The summed E-state index contributed by atoms with van der Waals surface area (Å²) in [5.74, 6) is 0.156. The van der Waals surface area contributed by atoms with Gasteiger partial charge >= 0.3 is 0 Å². The number of fused-ring (bicyclic) bond motifs is 1. The van der Waals surface area contributed by atoms with E-state index in [1.807, 2.05) is 24.3 Å².